The Kier molecular flexibility index (Phi) is 7.34. The van der Waals surface area contributed by atoms with Gasteiger partial charge in [-0.3, -0.25) is 0 Å². The molecular weight excluding hydrogens is 148 g/mol. The molecule has 2 heteroatoms. The smallest absolute Gasteiger partial charge is 0.00261 e. The lowest BCUT2D eigenvalue weighted by Crippen LogP contribution is -1.91. The van der Waals surface area contributed by atoms with Gasteiger partial charge in [0.1, 0.15) is 0 Å². The predicted molar refractivity (Wildman–Crippen MR) is 50.6 cm³/mol. The van der Waals surface area contributed by atoms with Crippen LogP contribution in [0.4, 0.5) is 0 Å². The van der Waals surface area contributed by atoms with E-state index in [4.69, 9.17) is 0 Å². The molecule has 0 bridgehead atoms. The van der Waals surface area contributed by atoms with E-state index in [-0.39, 0.29) is 0 Å². The van der Waals surface area contributed by atoms with Crippen LogP contribution >= 0.6 is 23.5 Å². The summed E-state index contributed by atoms with van der Waals surface area (Å²) in [5.41, 5.74) is 0. The second-order valence-electron chi connectivity index (χ2n) is 2.12. The lowest BCUT2D eigenvalue weighted by molar-refractivity contribution is 1.11. The molecule has 0 aliphatic carbocycles. The summed E-state index contributed by atoms with van der Waals surface area (Å²) >= 11 is 4.08. The molecule has 0 saturated carbocycles. The minimum atomic E-state index is 0.808. The van der Waals surface area contributed by atoms with Crippen molar-refractivity contribution < 1.29 is 0 Å². The first-order chi connectivity index (χ1) is 4.27. The van der Waals surface area contributed by atoms with Crippen LogP contribution in [-0.4, -0.2) is 22.5 Å². The second kappa shape index (κ2) is 6.81. The zero-order valence-corrected chi connectivity index (χ0v) is 8.15. The summed E-state index contributed by atoms with van der Waals surface area (Å²) in [4.78, 5) is 0. The van der Waals surface area contributed by atoms with Crippen molar-refractivity contribution in [3.8, 4) is 0 Å². The molecule has 0 nitrogen and oxygen atoms in total. The maximum atomic E-state index is 2.25. The first-order valence-corrected chi connectivity index (χ1v) is 5.67. The normalized spacial score (nSPS) is 10.7. The first kappa shape index (κ1) is 9.70. The molecule has 0 aromatic carbocycles. The highest BCUT2D eigenvalue weighted by Gasteiger charge is 1.91. The molecule has 0 rings (SSSR count). The third-order valence-electron chi connectivity index (χ3n) is 0.883. The van der Waals surface area contributed by atoms with Crippen LogP contribution in [0, 0.1) is 0 Å². The largest absolute Gasteiger partial charge is 0.161 e. The van der Waals surface area contributed by atoms with Gasteiger partial charge in [-0.2, -0.15) is 23.5 Å². The highest BCUT2D eigenvalue weighted by molar-refractivity contribution is 8.03. The van der Waals surface area contributed by atoms with Gasteiger partial charge >= 0.3 is 0 Å². The Bertz CT molecular complexity index is 52.9. The van der Waals surface area contributed by atoms with Gasteiger partial charge in [-0.1, -0.05) is 20.8 Å². The van der Waals surface area contributed by atoms with E-state index < -0.39 is 0 Å². The van der Waals surface area contributed by atoms with Gasteiger partial charge in [0, 0.05) is 11.5 Å². The lowest BCUT2D eigenvalue weighted by atomic mass is 10.6. The topological polar surface area (TPSA) is 0 Å². The van der Waals surface area contributed by atoms with E-state index in [1.807, 2.05) is 11.8 Å². The molecule has 0 spiro atoms. The minimum Gasteiger partial charge on any atom is -0.161 e. The molecular formula is C7H16S2. The van der Waals surface area contributed by atoms with Crippen molar-refractivity contribution in [3.05, 3.63) is 0 Å². The number of hydrogen-bond donors (Lipinski definition) is 0. The SMILES string of the molecule is CCSCCSC(C)C. The standard InChI is InChI=1S/C7H16S2/c1-4-8-5-6-9-7(2)3/h7H,4-6H2,1-3H3. The van der Waals surface area contributed by atoms with E-state index in [0.717, 1.165) is 5.25 Å². The Morgan fingerprint density at radius 3 is 2.33 bits per heavy atom. The monoisotopic (exact) mass is 164 g/mol. The molecule has 9 heavy (non-hydrogen) atoms. The fourth-order valence-corrected chi connectivity index (χ4v) is 2.10. The van der Waals surface area contributed by atoms with Crippen molar-refractivity contribution in [2.75, 3.05) is 17.3 Å². The van der Waals surface area contributed by atoms with Crippen molar-refractivity contribution >= 4 is 23.5 Å². The van der Waals surface area contributed by atoms with Crippen molar-refractivity contribution in [1.29, 1.82) is 0 Å². The molecule has 56 valence electrons. The van der Waals surface area contributed by atoms with Crippen LogP contribution in [0.2, 0.25) is 0 Å². The van der Waals surface area contributed by atoms with E-state index in [9.17, 15) is 0 Å². The molecule has 0 aliphatic rings. The van der Waals surface area contributed by atoms with Gasteiger partial charge < -0.3 is 0 Å². The van der Waals surface area contributed by atoms with E-state index in [1.165, 1.54) is 17.3 Å². The summed E-state index contributed by atoms with van der Waals surface area (Å²) in [6.45, 7) is 6.72. The predicted octanol–water partition coefficient (Wildman–Crippen LogP) is 2.88. The molecule has 0 amide bonds. The molecule has 0 N–H and O–H groups in total. The summed E-state index contributed by atoms with van der Waals surface area (Å²) in [6, 6.07) is 0. The molecule has 0 unspecified atom stereocenters. The molecule has 0 atom stereocenters. The Morgan fingerprint density at radius 1 is 1.22 bits per heavy atom. The molecule has 0 aromatic rings. The van der Waals surface area contributed by atoms with Gasteiger partial charge in [0.2, 0.25) is 0 Å². The fraction of sp³-hybridized carbons (Fsp3) is 1.00. The average Bonchev–Trinajstić information content (AvgIpc) is 1.80. The van der Waals surface area contributed by atoms with Crippen LogP contribution in [0.5, 0.6) is 0 Å². The number of rotatable bonds is 5. The van der Waals surface area contributed by atoms with Gasteiger partial charge in [0.15, 0.2) is 0 Å². The molecule has 0 aliphatic heterocycles. The summed E-state index contributed by atoms with van der Waals surface area (Å²) in [5, 5.41) is 0.808. The van der Waals surface area contributed by atoms with Gasteiger partial charge in [-0.05, 0) is 11.0 Å². The van der Waals surface area contributed by atoms with Crippen LogP contribution in [-0.2, 0) is 0 Å². The van der Waals surface area contributed by atoms with Crippen LogP contribution in [0.1, 0.15) is 20.8 Å². The van der Waals surface area contributed by atoms with Crippen LogP contribution in [0.15, 0.2) is 0 Å². The molecule has 0 saturated heterocycles. The van der Waals surface area contributed by atoms with E-state index in [0.29, 0.717) is 0 Å². The quantitative estimate of drug-likeness (QED) is 0.573. The highest BCUT2D eigenvalue weighted by atomic mass is 32.2. The zero-order valence-electron chi connectivity index (χ0n) is 6.52. The third-order valence-corrected chi connectivity index (χ3v) is 3.15. The number of hydrogen-bond acceptors (Lipinski definition) is 2. The van der Waals surface area contributed by atoms with E-state index in [2.05, 4.69) is 32.5 Å². The molecule has 0 heterocycles. The maximum absolute atomic E-state index is 2.25. The number of thioether (sulfide) groups is 2. The Labute approximate surface area is 67.2 Å². The van der Waals surface area contributed by atoms with Crippen molar-refractivity contribution in [2.24, 2.45) is 0 Å². The van der Waals surface area contributed by atoms with Crippen molar-refractivity contribution in [2.45, 2.75) is 26.0 Å². The Hall–Kier alpha value is 0.700. The van der Waals surface area contributed by atoms with Gasteiger partial charge in [0.05, 0.1) is 0 Å². The van der Waals surface area contributed by atoms with Crippen molar-refractivity contribution in [3.63, 3.8) is 0 Å². The maximum Gasteiger partial charge on any atom is 0.00261 e. The molecule has 0 radical (unpaired) electrons. The Morgan fingerprint density at radius 2 is 1.89 bits per heavy atom. The zero-order chi connectivity index (χ0) is 7.11. The van der Waals surface area contributed by atoms with Crippen LogP contribution < -0.4 is 0 Å². The molecule has 0 aromatic heterocycles. The van der Waals surface area contributed by atoms with Gasteiger partial charge in [-0.15, -0.1) is 0 Å². The highest BCUT2D eigenvalue weighted by Crippen LogP contribution is 2.11. The Balaban J connectivity index is 2.75. The summed E-state index contributed by atoms with van der Waals surface area (Å²) in [6.07, 6.45) is 0. The van der Waals surface area contributed by atoms with Crippen LogP contribution in [0.3, 0.4) is 0 Å². The molecule has 0 fully saturated rings. The minimum absolute atomic E-state index is 0.808. The van der Waals surface area contributed by atoms with Gasteiger partial charge in [0.25, 0.3) is 0 Å². The third kappa shape index (κ3) is 8.70. The second-order valence-corrected chi connectivity index (χ2v) is 5.19. The van der Waals surface area contributed by atoms with E-state index >= 15 is 0 Å². The van der Waals surface area contributed by atoms with Gasteiger partial charge in [-0.25, -0.2) is 0 Å². The van der Waals surface area contributed by atoms with Crippen molar-refractivity contribution in [1.82, 2.24) is 0 Å². The fourth-order valence-electron chi connectivity index (χ4n) is 0.487. The first-order valence-electron chi connectivity index (χ1n) is 3.46. The summed E-state index contributed by atoms with van der Waals surface area (Å²) < 4.78 is 0. The summed E-state index contributed by atoms with van der Waals surface area (Å²) in [7, 11) is 0. The summed E-state index contributed by atoms with van der Waals surface area (Å²) in [5.74, 6) is 3.90. The lowest BCUT2D eigenvalue weighted by Gasteiger charge is -2.02. The van der Waals surface area contributed by atoms with E-state index in [1.54, 1.807) is 0 Å². The average molecular weight is 164 g/mol. The van der Waals surface area contributed by atoms with Crippen LogP contribution in [0.25, 0.3) is 0 Å².